The summed E-state index contributed by atoms with van der Waals surface area (Å²) in [4.78, 5) is 15.9. The van der Waals surface area contributed by atoms with Crippen molar-refractivity contribution in [2.75, 3.05) is 33.8 Å². The Labute approximate surface area is 73.0 Å². The van der Waals surface area contributed by atoms with Crippen LogP contribution in [0.5, 0.6) is 0 Å². The van der Waals surface area contributed by atoms with Gasteiger partial charge in [-0.25, -0.2) is 4.79 Å². The van der Waals surface area contributed by atoms with Crippen molar-refractivity contribution < 1.29 is 9.63 Å². The molecule has 2 amide bonds. The Hall–Kier alpha value is -0.810. The van der Waals surface area contributed by atoms with E-state index in [0.717, 1.165) is 0 Å². The Bertz CT molecular complexity index is 128. The molecule has 0 heterocycles. The maximum atomic E-state index is 10.8. The summed E-state index contributed by atoms with van der Waals surface area (Å²) in [6.45, 7) is 3.52. The molecule has 72 valence electrons. The van der Waals surface area contributed by atoms with E-state index in [4.69, 9.17) is 4.84 Å². The first-order chi connectivity index (χ1) is 5.66. The van der Waals surface area contributed by atoms with Crippen LogP contribution in [0.2, 0.25) is 0 Å². The summed E-state index contributed by atoms with van der Waals surface area (Å²) in [5.74, 6) is 0. The van der Waals surface area contributed by atoms with Crippen molar-refractivity contribution in [2.24, 2.45) is 0 Å². The molecule has 0 atom stereocenters. The van der Waals surface area contributed by atoms with E-state index in [-0.39, 0.29) is 6.03 Å². The molecule has 12 heavy (non-hydrogen) atoms. The van der Waals surface area contributed by atoms with E-state index in [1.165, 1.54) is 0 Å². The van der Waals surface area contributed by atoms with Crippen LogP contribution >= 0.6 is 0 Å². The molecule has 0 saturated heterocycles. The molecule has 0 aliphatic heterocycles. The lowest BCUT2D eigenvalue weighted by Crippen LogP contribution is -2.37. The Kier molecular flexibility index (Phi) is 6.41. The maximum Gasteiger partial charge on any atom is 0.314 e. The average molecular weight is 175 g/mol. The number of hydrogen-bond donors (Lipinski definition) is 2. The fourth-order valence-corrected chi connectivity index (χ4v) is 0.616. The van der Waals surface area contributed by atoms with Crippen molar-refractivity contribution in [3.8, 4) is 0 Å². The minimum atomic E-state index is -0.153. The largest absolute Gasteiger partial charge is 0.338 e. The minimum absolute atomic E-state index is 0.153. The van der Waals surface area contributed by atoms with Gasteiger partial charge in [-0.2, -0.15) is 5.06 Å². The topological polar surface area (TPSA) is 53.6 Å². The summed E-state index contributed by atoms with van der Waals surface area (Å²) in [6, 6.07) is -0.153. The molecule has 0 rings (SSSR count). The van der Waals surface area contributed by atoms with Crippen molar-refractivity contribution in [1.82, 2.24) is 15.7 Å². The van der Waals surface area contributed by atoms with Crippen LogP contribution < -0.4 is 10.6 Å². The molecule has 0 aliphatic carbocycles. The molecule has 5 nitrogen and oxygen atoms in total. The third-order valence-electron chi connectivity index (χ3n) is 1.07. The molecule has 2 N–H and O–H groups in total. The smallest absolute Gasteiger partial charge is 0.314 e. The fourth-order valence-electron chi connectivity index (χ4n) is 0.616. The number of hydroxylamine groups is 2. The highest BCUT2D eigenvalue weighted by Gasteiger charge is 1.95. The maximum absolute atomic E-state index is 10.8. The van der Waals surface area contributed by atoms with Crippen LogP contribution in [-0.4, -0.2) is 44.9 Å². The van der Waals surface area contributed by atoms with E-state index in [2.05, 4.69) is 10.6 Å². The minimum Gasteiger partial charge on any atom is -0.338 e. The Morgan fingerprint density at radius 3 is 2.58 bits per heavy atom. The SMILES string of the molecule is CCNC(=O)NCCON(C)C. The van der Waals surface area contributed by atoms with Crippen LogP contribution in [0, 0.1) is 0 Å². The highest BCUT2D eigenvalue weighted by Crippen LogP contribution is 1.75. The average Bonchev–Trinajstić information content (AvgIpc) is 1.98. The third kappa shape index (κ3) is 7.30. The standard InChI is InChI=1S/C7H17N3O2/c1-4-8-7(11)9-5-6-12-10(2)3/h4-6H2,1-3H3,(H2,8,9,11). The summed E-state index contributed by atoms with van der Waals surface area (Å²) in [5.41, 5.74) is 0. The van der Waals surface area contributed by atoms with Gasteiger partial charge in [-0.15, -0.1) is 0 Å². The second kappa shape index (κ2) is 6.87. The summed E-state index contributed by atoms with van der Waals surface area (Å²) in [7, 11) is 3.60. The summed E-state index contributed by atoms with van der Waals surface area (Å²) in [5, 5.41) is 6.85. The number of nitrogens with zero attached hydrogens (tertiary/aromatic N) is 1. The second-order valence-electron chi connectivity index (χ2n) is 2.43. The van der Waals surface area contributed by atoms with E-state index >= 15 is 0 Å². The van der Waals surface area contributed by atoms with E-state index in [1.807, 2.05) is 6.92 Å². The molecule has 0 bridgehead atoms. The number of hydrogen-bond acceptors (Lipinski definition) is 3. The van der Waals surface area contributed by atoms with Crippen molar-refractivity contribution in [1.29, 1.82) is 0 Å². The van der Waals surface area contributed by atoms with Crippen LogP contribution in [0.4, 0.5) is 4.79 Å². The normalized spacial score (nSPS) is 10.0. The highest BCUT2D eigenvalue weighted by molar-refractivity contribution is 5.73. The van der Waals surface area contributed by atoms with Crippen LogP contribution in [0.1, 0.15) is 6.92 Å². The molecule has 0 aromatic heterocycles. The molecule has 0 unspecified atom stereocenters. The van der Waals surface area contributed by atoms with E-state index in [1.54, 1.807) is 19.2 Å². The number of carbonyl (C=O) groups is 1. The van der Waals surface area contributed by atoms with Gasteiger partial charge in [0.05, 0.1) is 6.61 Å². The van der Waals surface area contributed by atoms with Crippen molar-refractivity contribution in [3.05, 3.63) is 0 Å². The monoisotopic (exact) mass is 175 g/mol. The van der Waals surface area contributed by atoms with Gasteiger partial charge in [-0.1, -0.05) is 0 Å². The lowest BCUT2D eigenvalue weighted by molar-refractivity contribution is -0.116. The summed E-state index contributed by atoms with van der Waals surface area (Å²) < 4.78 is 0. The predicted molar refractivity (Wildman–Crippen MR) is 46.7 cm³/mol. The van der Waals surface area contributed by atoms with Crippen LogP contribution in [-0.2, 0) is 4.84 Å². The molecule has 0 aromatic rings. The molecular weight excluding hydrogens is 158 g/mol. The molecule has 0 aromatic carbocycles. The molecule has 5 heteroatoms. The predicted octanol–water partition coefficient (Wildman–Crippen LogP) is -0.201. The number of rotatable bonds is 5. The van der Waals surface area contributed by atoms with Gasteiger partial charge in [0.1, 0.15) is 0 Å². The van der Waals surface area contributed by atoms with Gasteiger partial charge >= 0.3 is 6.03 Å². The zero-order valence-corrected chi connectivity index (χ0v) is 7.89. The third-order valence-corrected chi connectivity index (χ3v) is 1.07. The van der Waals surface area contributed by atoms with Gasteiger partial charge in [-0.3, -0.25) is 4.84 Å². The summed E-state index contributed by atoms with van der Waals surface area (Å²) >= 11 is 0. The van der Waals surface area contributed by atoms with Crippen molar-refractivity contribution >= 4 is 6.03 Å². The molecule has 0 saturated carbocycles. The first-order valence-electron chi connectivity index (χ1n) is 3.98. The van der Waals surface area contributed by atoms with Gasteiger partial charge in [-0.05, 0) is 6.92 Å². The number of carbonyl (C=O) groups excluding carboxylic acids is 1. The molecule has 0 aliphatic rings. The van der Waals surface area contributed by atoms with Crippen LogP contribution in [0.15, 0.2) is 0 Å². The van der Waals surface area contributed by atoms with Gasteiger partial charge in [0.25, 0.3) is 0 Å². The Morgan fingerprint density at radius 2 is 2.08 bits per heavy atom. The highest BCUT2D eigenvalue weighted by atomic mass is 16.7. The first-order valence-corrected chi connectivity index (χ1v) is 3.98. The first kappa shape index (κ1) is 11.2. The van der Waals surface area contributed by atoms with Crippen LogP contribution in [0.3, 0.4) is 0 Å². The summed E-state index contributed by atoms with van der Waals surface area (Å²) in [6.07, 6.45) is 0. The van der Waals surface area contributed by atoms with Crippen molar-refractivity contribution in [3.63, 3.8) is 0 Å². The van der Waals surface area contributed by atoms with Crippen molar-refractivity contribution in [2.45, 2.75) is 6.92 Å². The van der Waals surface area contributed by atoms with E-state index in [0.29, 0.717) is 19.7 Å². The zero-order chi connectivity index (χ0) is 9.40. The molecule has 0 spiro atoms. The number of amides is 2. The number of urea groups is 1. The quantitative estimate of drug-likeness (QED) is 0.449. The molecule has 0 radical (unpaired) electrons. The van der Waals surface area contributed by atoms with E-state index < -0.39 is 0 Å². The van der Waals surface area contributed by atoms with E-state index in [9.17, 15) is 4.79 Å². The fraction of sp³-hybridized carbons (Fsp3) is 0.857. The van der Waals surface area contributed by atoms with Gasteiger partial charge in [0.2, 0.25) is 0 Å². The van der Waals surface area contributed by atoms with Gasteiger partial charge in [0.15, 0.2) is 0 Å². The van der Waals surface area contributed by atoms with Gasteiger partial charge < -0.3 is 10.6 Å². The molecule has 0 fully saturated rings. The Morgan fingerprint density at radius 1 is 1.42 bits per heavy atom. The van der Waals surface area contributed by atoms with Crippen LogP contribution in [0.25, 0.3) is 0 Å². The Balaban J connectivity index is 3.14. The second-order valence-corrected chi connectivity index (χ2v) is 2.43. The molecular formula is C7H17N3O2. The lowest BCUT2D eigenvalue weighted by Gasteiger charge is -2.10. The van der Waals surface area contributed by atoms with Gasteiger partial charge in [0, 0.05) is 27.2 Å². The number of nitrogens with one attached hydrogen (secondary N) is 2. The lowest BCUT2D eigenvalue weighted by atomic mass is 10.6. The zero-order valence-electron chi connectivity index (χ0n) is 7.89.